The standard InChI is InChI=1S/C24H23N3O6S/c1-13-21(22(29)26-19(11-28)23(30)31)27-20(34-13)10-25-24(32)33-12-18-16-8-4-2-6-14(16)15-7-3-5-9-17(15)18/h2-9,18-19,28H,10-12H2,1H3,(H,25,32)(H,26,29)(H,30,31)/t19-/m0/s1. The quantitative estimate of drug-likeness (QED) is 0.388. The molecule has 3 aromatic rings. The van der Waals surface area contributed by atoms with E-state index in [0.29, 0.717) is 9.88 Å². The first-order valence-corrected chi connectivity index (χ1v) is 11.4. The predicted molar refractivity (Wildman–Crippen MR) is 125 cm³/mol. The van der Waals surface area contributed by atoms with Crippen LogP contribution in [0.25, 0.3) is 11.1 Å². The summed E-state index contributed by atoms with van der Waals surface area (Å²) >= 11 is 1.20. The normalized spacial score (nSPS) is 13.0. The molecule has 2 amide bonds. The maximum absolute atomic E-state index is 12.4. The zero-order chi connectivity index (χ0) is 24.2. The van der Waals surface area contributed by atoms with Crippen LogP contribution in [0.5, 0.6) is 0 Å². The maximum atomic E-state index is 12.4. The number of aryl methyl sites for hydroxylation is 1. The lowest BCUT2D eigenvalue weighted by Gasteiger charge is -2.14. The van der Waals surface area contributed by atoms with Gasteiger partial charge in [-0.2, -0.15) is 0 Å². The molecule has 0 unspecified atom stereocenters. The average Bonchev–Trinajstić information content (AvgIpc) is 3.37. The highest BCUT2D eigenvalue weighted by molar-refractivity contribution is 7.11. The van der Waals surface area contributed by atoms with E-state index in [2.05, 4.69) is 27.8 Å². The molecule has 1 heterocycles. The highest BCUT2D eigenvalue weighted by Gasteiger charge is 2.29. The van der Waals surface area contributed by atoms with Crippen LogP contribution in [-0.4, -0.2) is 52.4 Å². The first-order chi connectivity index (χ1) is 16.4. The van der Waals surface area contributed by atoms with Gasteiger partial charge in [-0.25, -0.2) is 14.6 Å². The van der Waals surface area contributed by atoms with Crippen molar-refractivity contribution in [3.05, 3.63) is 75.2 Å². The van der Waals surface area contributed by atoms with Gasteiger partial charge in [0.1, 0.15) is 17.3 Å². The number of benzene rings is 2. The molecule has 4 rings (SSSR count). The minimum Gasteiger partial charge on any atom is -0.480 e. The molecule has 0 saturated heterocycles. The van der Waals surface area contributed by atoms with Gasteiger partial charge in [-0.15, -0.1) is 11.3 Å². The zero-order valence-corrected chi connectivity index (χ0v) is 19.1. The number of carboxylic acids is 1. The number of carbonyl (C=O) groups excluding carboxylic acids is 2. The summed E-state index contributed by atoms with van der Waals surface area (Å²) in [6.45, 7) is 1.17. The molecule has 10 heteroatoms. The third kappa shape index (κ3) is 4.78. The summed E-state index contributed by atoms with van der Waals surface area (Å²) in [5, 5.41) is 23.4. The molecule has 0 spiro atoms. The molecular weight excluding hydrogens is 458 g/mol. The number of nitrogens with zero attached hydrogens (tertiary/aromatic N) is 1. The first-order valence-electron chi connectivity index (χ1n) is 10.6. The van der Waals surface area contributed by atoms with E-state index in [0.717, 1.165) is 22.3 Å². The second-order valence-electron chi connectivity index (χ2n) is 7.74. The fraction of sp³-hybridized carbons (Fsp3) is 0.250. The van der Waals surface area contributed by atoms with Crippen molar-refractivity contribution in [3.63, 3.8) is 0 Å². The zero-order valence-electron chi connectivity index (χ0n) is 18.3. The second-order valence-corrected chi connectivity index (χ2v) is 9.03. The van der Waals surface area contributed by atoms with Gasteiger partial charge in [0.05, 0.1) is 13.2 Å². The number of rotatable bonds is 8. The molecule has 1 aliphatic carbocycles. The molecule has 1 aromatic heterocycles. The van der Waals surface area contributed by atoms with Crippen LogP contribution in [-0.2, 0) is 16.1 Å². The van der Waals surface area contributed by atoms with Crippen molar-refractivity contribution in [1.82, 2.24) is 15.6 Å². The van der Waals surface area contributed by atoms with E-state index < -0.39 is 30.6 Å². The molecule has 176 valence electrons. The van der Waals surface area contributed by atoms with E-state index in [4.69, 9.17) is 14.9 Å². The predicted octanol–water partition coefficient (Wildman–Crippen LogP) is 2.67. The summed E-state index contributed by atoms with van der Waals surface area (Å²) in [5.41, 5.74) is 4.56. The molecule has 34 heavy (non-hydrogen) atoms. The lowest BCUT2D eigenvalue weighted by atomic mass is 9.98. The Morgan fingerprint density at radius 3 is 2.29 bits per heavy atom. The van der Waals surface area contributed by atoms with Crippen LogP contribution in [0.3, 0.4) is 0 Å². The number of carbonyl (C=O) groups is 3. The van der Waals surface area contributed by atoms with Crippen molar-refractivity contribution in [2.45, 2.75) is 25.4 Å². The van der Waals surface area contributed by atoms with Crippen molar-refractivity contribution in [1.29, 1.82) is 0 Å². The van der Waals surface area contributed by atoms with Gasteiger partial charge in [0.15, 0.2) is 6.04 Å². The topological polar surface area (TPSA) is 138 Å². The highest BCUT2D eigenvalue weighted by atomic mass is 32.1. The molecule has 0 bridgehead atoms. The lowest BCUT2D eigenvalue weighted by Crippen LogP contribution is -2.43. The number of aliphatic carboxylic acids is 1. The third-order valence-electron chi connectivity index (χ3n) is 5.57. The number of aliphatic hydroxyl groups excluding tert-OH is 1. The fourth-order valence-electron chi connectivity index (χ4n) is 3.95. The van der Waals surface area contributed by atoms with Gasteiger partial charge >= 0.3 is 12.1 Å². The number of aliphatic hydroxyl groups is 1. The summed E-state index contributed by atoms with van der Waals surface area (Å²) in [5.74, 6) is -2.10. The largest absolute Gasteiger partial charge is 0.480 e. The number of amides is 2. The van der Waals surface area contributed by atoms with Crippen molar-refractivity contribution in [3.8, 4) is 11.1 Å². The SMILES string of the molecule is Cc1sc(CNC(=O)OCC2c3ccccc3-c3ccccc32)nc1C(=O)N[C@@H](CO)C(=O)O. The molecule has 2 aromatic carbocycles. The van der Waals surface area contributed by atoms with Gasteiger partial charge < -0.3 is 25.6 Å². The number of thiazole rings is 1. The number of fused-ring (bicyclic) bond motifs is 3. The molecule has 0 radical (unpaired) electrons. The maximum Gasteiger partial charge on any atom is 0.407 e. The van der Waals surface area contributed by atoms with E-state index in [1.165, 1.54) is 11.3 Å². The Kier molecular flexibility index (Phi) is 6.90. The van der Waals surface area contributed by atoms with E-state index in [-0.39, 0.29) is 24.8 Å². The van der Waals surface area contributed by atoms with Gasteiger partial charge in [-0.3, -0.25) is 4.79 Å². The van der Waals surface area contributed by atoms with Crippen LogP contribution in [0, 0.1) is 6.92 Å². The number of ether oxygens (including phenoxy) is 1. The second kappa shape index (κ2) is 10.0. The van der Waals surface area contributed by atoms with Crippen LogP contribution in [0.2, 0.25) is 0 Å². The summed E-state index contributed by atoms with van der Waals surface area (Å²) in [7, 11) is 0. The Labute approximate surface area is 199 Å². The van der Waals surface area contributed by atoms with Gasteiger partial charge in [0, 0.05) is 10.8 Å². The molecule has 9 nitrogen and oxygen atoms in total. The highest BCUT2D eigenvalue weighted by Crippen LogP contribution is 2.44. The first kappa shape index (κ1) is 23.4. The molecule has 0 fully saturated rings. The minimum atomic E-state index is -1.42. The van der Waals surface area contributed by atoms with Crippen LogP contribution < -0.4 is 10.6 Å². The third-order valence-corrected chi connectivity index (χ3v) is 6.54. The fourth-order valence-corrected chi connectivity index (χ4v) is 4.82. The van der Waals surface area contributed by atoms with Gasteiger partial charge in [-0.05, 0) is 29.2 Å². The van der Waals surface area contributed by atoms with E-state index >= 15 is 0 Å². The van der Waals surface area contributed by atoms with Crippen molar-refractivity contribution >= 4 is 29.3 Å². The number of hydrogen-bond acceptors (Lipinski definition) is 7. The number of nitrogens with one attached hydrogen (secondary N) is 2. The van der Waals surface area contributed by atoms with Crippen LogP contribution in [0.4, 0.5) is 4.79 Å². The van der Waals surface area contributed by atoms with Crippen LogP contribution in [0.1, 0.15) is 37.4 Å². The Morgan fingerprint density at radius 2 is 1.71 bits per heavy atom. The summed E-state index contributed by atoms with van der Waals surface area (Å²) in [6, 6.07) is 14.7. The molecule has 4 N–H and O–H groups in total. The number of alkyl carbamates (subject to hydrolysis) is 1. The Morgan fingerprint density at radius 1 is 1.09 bits per heavy atom. The Bertz CT molecular complexity index is 1200. The Hall–Kier alpha value is -3.76. The van der Waals surface area contributed by atoms with Gasteiger partial charge in [0.2, 0.25) is 0 Å². The summed E-state index contributed by atoms with van der Waals surface area (Å²) in [6.07, 6.45) is -0.605. The number of hydrogen-bond donors (Lipinski definition) is 4. The lowest BCUT2D eigenvalue weighted by molar-refractivity contribution is -0.140. The van der Waals surface area contributed by atoms with Crippen molar-refractivity contribution in [2.24, 2.45) is 0 Å². The number of carboxylic acid groups (broad SMARTS) is 1. The van der Waals surface area contributed by atoms with Crippen molar-refractivity contribution < 1.29 is 29.3 Å². The average molecular weight is 482 g/mol. The van der Waals surface area contributed by atoms with E-state index in [9.17, 15) is 14.4 Å². The molecular formula is C24H23N3O6S. The van der Waals surface area contributed by atoms with E-state index in [1.807, 2.05) is 36.4 Å². The van der Waals surface area contributed by atoms with Crippen LogP contribution >= 0.6 is 11.3 Å². The monoisotopic (exact) mass is 481 g/mol. The molecule has 0 saturated carbocycles. The van der Waals surface area contributed by atoms with Gasteiger partial charge in [-0.1, -0.05) is 48.5 Å². The minimum absolute atomic E-state index is 0.0500. The van der Waals surface area contributed by atoms with E-state index in [1.54, 1.807) is 6.92 Å². The Balaban J connectivity index is 1.34. The number of aromatic nitrogens is 1. The molecule has 1 aliphatic rings. The summed E-state index contributed by atoms with van der Waals surface area (Å²) < 4.78 is 5.49. The summed E-state index contributed by atoms with van der Waals surface area (Å²) in [4.78, 5) is 40.4. The smallest absolute Gasteiger partial charge is 0.407 e. The molecule has 1 atom stereocenters. The molecule has 0 aliphatic heterocycles. The van der Waals surface area contributed by atoms with Crippen molar-refractivity contribution in [2.75, 3.05) is 13.2 Å². The van der Waals surface area contributed by atoms with Gasteiger partial charge in [0.25, 0.3) is 5.91 Å². The van der Waals surface area contributed by atoms with Crippen LogP contribution in [0.15, 0.2) is 48.5 Å².